The van der Waals surface area contributed by atoms with Gasteiger partial charge in [-0.05, 0) is 51.7 Å². The SMILES string of the molecule is c1ccc(-c2nc3cc(-c4ccc(-c5cccnc5)c5ccccc45)ccc3c3c4cccnc4c4ncccc4c23)cc1. The molecule has 0 bridgehead atoms. The van der Waals surface area contributed by atoms with Gasteiger partial charge in [-0.15, -0.1) is 0 Å². The van der Waals surface area contributed by atoms with Gasteiger partial charge in [0.25, 0.3) is 0 Å². The van der Waals surface area contributed by atoms with Crippen molar-refractivity contribution in [3.8, 4) is 33.5 Å². The summed E-state index contributed by atoms with van der Waals surface area (Å²) in [6.45, 7) is 0. The van der Waals surface area contributed by atoms with Crippen LogP contribution in [0.15, 0.2) is 146 Å². The molecule has 0 saturated carbocycles. The minimum absolute atomic E-state index is 0.894. The summed E-state index contributed by atoms with van der Waals surface area (Å²) in [7, 11) is 0. The quantitative estimate of drug-likeness (QED) is 0.202. The van der Waals surface area contributed by atoms with E-state index in [1.807, 2.05) is 49.1 Å². The number of fused-ring (bicyclic) bond motifs is 9. The first-order chi connectivity index (χ1) is 21.8. The maximum atomic E-state index is 5.41. The lowest BCUT2D eigenvalue weighted by Gasteiger charge is -2.16. The van der Waals surface area contributed by atoms with Crippen molar-refractivity contribution in [2.45, 2.75) is 0 Å². The van der Waals surface area contributed by atoms with Crippen molar-refractivity contribution in [2.24, 2.45) is 0 Å². The number of hydrogen-bond acceptors (Lipinski definition) is 4. The zero-order valence-corrected chi connectivity index (χ0v) is 23.6. The lowest BCUT2D eigenvalue weighted by Crippen LogP contribution is -1.95. The Labute approximate surface area is 253 Å². The molecule has 0 aliphatic heterocycles. The maximum Gasteiger partial charge on any atom is 0.0971 e. The molecule has 5 aromatic carbocycles. The van der Waals surface area contributed by atoms with Gasteiger partial charge in [0, 0.05) is 62.8 Å². The molecule has 0 spiro atoms. The molecule has 204 valence electrons. The number of pyridine rings is 4. The molecule has 0 unspecified atom stereocenters. The third-order valence-electron chi connectivity index (χ3n) is 8.62. The van der Waals surface area contributed by atoms with E-state index in [0.717, 1.165) is 65.9 Å². The Morgan fingerprint density at radius 2 is 1.02 bits per heavy atom. The van der Waals surface area contributed by atoms with Crippen LogP contribution in [0.4, 0.5) is 0 Å². The minimum Gasteiger partial charge on any atom is -0.264 e. The van der Waals surface area contributed by atoms with Crippen LogP contribution in [0.3, 0.4) is 0 Å². The Bertz CT molecular complexity index is 2540. The Morgan fingerprint density at radius 1 is 0.409 bits per heavy atom. The van der Waals surface area contributed by atoms with Gasteiger partial charge >= 0.3 is 0 Å². The largest absolute Gasteiger partial charge is 0.264 e. The zero-order chi connectivity index (χ0) is 29.0. The molecule has 9 rings (SSSR count). The molecule has 0 saturated heterocycles. The predicted octanol–water partition coefficient (Wildman–Crippen LogP) is 10.0. The van der Waals surface area contributed by atoms with Gasteiger partial charge < -0.3 is 0 Å². The van der Waals surface area contributed by atoms with E-state index in [9.17, 15) is 0 Å². The summed E-state index contributed by atoms with van der Waals surface area (Å²) in [5.74, 6) is 0. The molecule has 44 heavy (non-hydrogen) atoms. The molecule has 4 aromatic heterocycles. The van der Waals surface area contributed by atoms with Crippen LogP contribution in [-0.2, 0) is 0 Å². The molecule has 0 N–H and O–H groups in total. The van der Waals surface area contributed by atoms with Gasteiger partial charge in [0.05, 0.1) is 22.2 Å². The zero-order valence-electron chi connectivity index (χ0n) is 23.6. The topological polar surface area (TPSA) is 51.6 Å². The summed E-state index contributed by atoms with van der Waals surface area (Å²) >= 11 is 0. The second kappa shape index (κ2) is 9.79. The lowest BCUT2D eigenvalue weighted by molar-refractivity contribution is 1.33. The van der Waals surface area contributed by atoms with Crippen LogP contribution in [0.1, 0.15) is 0 Å². The van der Waals surface area contributed by atoms with E-state index in [0.29, 0.717) is 0 Å². The van der Waals surface area contributed by atoms with Crippen LogP contribution in [0.25, 0.3) is 87.8 Å². The van der Waals surface area contributed by atoms with E-state index >= 15 is 0 Å². The van der Waals surface area contributed by atoms with Gasteiger partial charge in [-0.25, -0.2) is 4.98 Å². The fourth-order valence-corrected chi connectivity index (χ4v) is 6.70. The third-order valence-corrected chi connectivity index (χ3v) is 8.62. The Balaban J connectivity index is 1.38. The predicted molar refractivity (Wildman–Crippen MR) is 181 cm³/mol. The van der Waals surface area contributed by atoms with Crippen LogP contribution in [0.2, 0.25) is 0 Å². The molecule has 0 fully saturated rings. The average molecular weight is 561 g/mol. The van der Waals surface area contributed by atoms with Gasteiger partial charge in [-0.1, -0.05) is 97.1 Å². The van der Waals surface area contributed by atoms with E-state index in [1.54, 1.807) is 0 Å². The van der Waals surface area contributed by atoms with Crippen molar-refractivity contribution >= 4 is 54.3 Å². The molecule has 4 nitrogen and oxygen atoms in total. The first kappa shape index (κ1) is 24.6. The van der Waals surface area contributed by atoms with Crippen molar-refractivity contribution in [3.63, 3.8) is 0 Å². The number of aromatic nitrogens is 4. The van der Waals surface area contributed by atoms with E-state index in [1.165, 1.54) is 21.9 Å². The van der Waals surface area contributed by atoms with Crippen molar-refractivity contribution < 1.29 is 0 Å². The smallest absolute Gasteiger partial charge is 0.0971 e. The van der Waals surface area contributed by atoms with Crippen molar-refractivity contribution in [2.75, 3.05) is 0 Å². The highest BCUT2D eigenvalue weighted by Gasteiger charge is 2.19. The summed E-state index contributed by atoms with van der Waals surface area (Å²) in [6, 6.07) is 42.6. The first-order valence-electron chi connectivity index (χ1n) is 14.7. The van der Waals surface area contributed by atoms with Crippen LogP contribution in [0, 0.1) is 0 Å². The highest BCUT2D eigenvalue weighted by Crippen LogP contribution is 2.43. The third kappa shape index (κ3) is 3.71. The molecule has 4 heterocycles. The summed E-state index contributed by atoms with van der Waals surface area (Å²) in [5.41, 5.74) is 9.35. The van der Waals surface area contributed by atoms with Gasteiger partial charge in [0.15, 0.2) is 0 Å². The highest BCUT2D eigenvalue weighted by molar-refractivity contribution is 6.32. The number of benzene rings is 5. The number of hydrogen-bond donors (Lipinski definition) is 0. The highest BCUT2D eigenvalue weighted by atomic mass is 14.7. The Kier molecular flexibility index (Phi) is 5.47. The van der Waals surface area contributed by atoms with Crippen LogP contribution in [-0.4, -0.2) is 19.9 Å². The van der Waals surface area contributed by atoms with Crippen molar-refractivity contribution in [3.05, 3.63) is 146 Å². The molecule has 4 heteroatoms. The standard InChI is InChI=1S/C40H24N4/c1-2-9-25(10-3-1)38-37-34-15-8-22-43-40(34)39-33(14-7-21-42-39)36(37)32-17-16-26(23-35(32)44-38)28-18-19-29(27-11-6-20-41-24-27)31-13-5-4-12-30(28)31/h1-24H. The molecule has 0 aliphatic rings. The van der Waals surface area contributed by atoms with Crippen LogP contribution in [0.5, 0.6) is 0 Å². The Morgan fingerprint density at radius 3 is 1.73 bits per heavy atom. The summed E-state index contributed by atoms with van der Waals surface area (Å²) in [4.78, 5) is 19.4. The summed E-state index contributed by atoms with van der Waals surface area (Å²) in [6.07, 6.45) is 7.43. The lowest BCUT2D eigenvalue weighted by atomic mass is 9.90. The normalized spacial score (nSPS) is 11.6. The van der Waals surface area contributed by atoms with E-state index in [-0.39, 0.29) is 0 Å². The maximum absolute atomic E-state index is 5.41. The second-order valence-corrected chi connectivity index (χ2v) is 11.1. The molecule has 9 aromatic rings. The van der Waals surface area contributed by atoms with Gasteiger partial charge in [-0.3, -0.25) is 15.0 Å². The van der Waals surface area contributed by atoms with Crippen molar-refractivity contribution in [1.82, 2.24) is 19.9 Å². The molecule has 0 atom stereocenters. The van der Waals surface area contributed by atoms with Crippen LogP contribution < -0.4 is 0 Å². The Hall–Kier alpha value is -6.00. The average Bonchev–Trinajstić information content (AvgIpc) is 3.11. The van der Waals surface area contributed by atoms with Gasteiger partial charge in [0.2, 0.25) is 0 Å². The second-order valence-electron chi connectivity index (χ2n) is 11.1. The summed E-state index contributed by atoms with van der Waals surface area (Å²) < 4.78 is 0. The molecule has 0 aliphatic carbocycles. The summed E-state index contributed by atoms with van der Waals surface area (Å²) in [5, 5.41) is 7.89. The first-order valence-corrected chi connectivity index (χ1v) is 14.7. The molecule has 0 radical (unpaired) electrons. The monoisotopic (exact) mass is 560 g/mol. The fourth-order valence-electron chi connectivity index (χ4n) is 6.70. The number of rotatable bonds is 3. The van der Waals surface area contributed by atoms with Crippen LogP contribution >= 0.6 is 0 Å². The van der Waals surface area contributed by atoms with Crippen molar-refractivity contribution in [1.29, 1.82) is 0 Å². The van der Waals surface area contributed by atoms with E-state index in [4.69, 9.17) is 15.0 Å². The van der Waals surface area contributed by atoms with E-state index in [2.05, 4.69) is 102 Å². The minimum atomic E-state index is 0.894. The van der Waals surface area contributed by atoms with E-state index < -0.39 is 0 Å². The molecular formula is C40H24N4. The van der Waals surface area contributed by atoms with Gasteiger partial charge in [0.1, 0.15) is 0 Å². The molecule has 0 amide bonds. The molecular weight excluding hydrogens is 536 g/mol. The fraction of sp³-hybridized carbons (Fsp3) is 0. The van der Waals surface area contributed by atoms with Gasteiger partial charge in [-0.2, -0.15) is 0 Å². The number of nitrogens with zero attached hydrogens (tertiary/aromatic N) is 4.